The largest absolute Gasteiger partial charge is 0.508 e. The lowest BCUT2D eigenvalue weighted by Crippen LogP contribution is -2.10. The minimum atomic E-state index is -0.249. The van der Waals surface area contributed by atoms with Crippen molar-refractivity contribution < 1.29 is 19.4 Å². The lowest BCUT2D eigenvalue weighted by molar-refractivity contribution is -0.134. The minimum absolute atomic E-state index is 0.181. The van der Waals surface area contributed by atoms with E-state index < -0.39 is 0 Å². The number of benzene rings is 2. The van der Waals surface area contributed by atoms with E-state index >= 15 is 0 Å². The molecule has 0 radical (unpaired) electrons. The molecule has 0 aromatic heterocycles. The highest BCUT2D eigenvalue weighted by molar-refractivity contribution is 5.72. The molecule has 1 aliphatic rings. The van der Waals surface area contributed by atoms with Gasteiger partial charge in [-0.25, -0.2) is 0 Å². The topological polar surface area (TPSA) is 55.8 Å². The van der Waals surface area contributed by atoms with Crippen molar-refractivity contribution in [3.05, 3.63) is 53.1 Å². The van der Waals surface area contributed by atoms with Crippen molar-refractivity contribution >= 4 is 5.97 Å². The van der Waals surface area contributed by atoms with Crippen LogP contribution in [0, 0.1) is 0 Å². The Kier molecular flexibility index (Phi) is 5.27. The van der Waals surface area contributed by atoms with Crippen LogP contribution in [0.3, 0.4) is 0 Å². The summed E-state index contributed by atoms with van der Waals surface area (Å²) in [6, 6.07) is 11.0. The maximum atomic E-state index is 11.8. The third-order valence-corrected chi connectivity index (χ3v) is 4.50. The van der Waals surface area contributed by atoms with Gasteiger partial charge in [0.05, 0.1) is 0 Å². The highest BCUT2D eigenvalue weighted by Gasteiger charge is 2.28. The fourth-order valence-corrected chi connectivity index (χ4v) is 2.92. The number of ether oxygens (including phenoxy) is 2. The second kappa shape index (κ2) is 7.60. The van der Waals surface area contributed by atoms with Crippen LogP contribution < -0.4 is 9.47 Å². The molecule has 0 spiro atoms. The molecule has 0 bridgehead atoms. The number of esters is 1. The first-order valence-corrected chi connectivity index (χ1v) is 8.89. The molecule has 0 saturated heterocycles. The van der Waals surface area contributed by atoms with Gasteiger partial charge in [-0.05, 0) is 48.4 Å². The third-order valence-electron chi connectivity index (χ3n) is 4.50. The van der Waals surface area contributed by atoms with Gasteiger partial charge < -0.3 is 14.6 Å². The number of phenols is 1. The Hall–Kier alpha value is -2.49. The van der Waals surface area contributed by atoms with Crippen LogP contribution in [0.25, 0.3) is 0 Å². The number of hydrogen-bond acceptors (Lipinski definition) is 4. The first-order valence-electron chi connectivity index (χ1n) is 8.89. The first-order chi connectivity index (χ1) is 12.1. The number of aryl methyl sites for hydroxylation is 1. The number of hydrogen-bond donors (Lipinski definition) is 1. The number of rotatable bonds is 7. The smallest absolute Gasteiger partial charge is 0.310 e. The molecule has 25 heavy (non-hydrogen) atoms. The van der Waals surface area contributed by atoms with Crippen molar-refractivity contribution in [2.75, 3.05) is 0 Å². The van der Waals surface area contributed by atoms with E-state index in [0.717, 1.165) is 30.4 Å². The number of aromatic hydroxyl groups is 1. The van der Waals surface area contributed by atoms with Gasteiger partial charge in [0.1, 0.15) is 23.9 Å². The van der Waals surface area contributed by atoms with Gasteiger partial charge in [-0.2, -0.15) is 0 Å². The van der Waals surface area contributed by atoms with Crippen molar-refractivity contribution in [3.63, 3.8) is 0 Å². The van der Waals surface area contributed by atoms with Crippen LogP contribution in [0.15, 0.2) is 36.4 Å². The Morgan fingerprint density at radius 1 is 1.16 bits per heavy atom. The van der Waals surface area contributed by atoms with Crippen LogP contribution in [0.2, 0.25) is 0 Å². The van der Waals surface area contributed by atoms with E-state index in [1.165, 1.54) is 5.56 Å². The van der Waals surface area contributed by atoms with Gasteiger partial charge in [0.2, 0.25) is 0 Å². The van der Waals surface area contributed by atoms with E-state index in [4.69, 9.17) is 9.47 Å². The summed E-state index contributed by atoms with van der Waals surface area (Å²) in [6.45, 7) is 4.14. The molecule has 2 aromatic rings. The summed E-state index contributed by atoms with van der Waals surface area (Å²) in [5.41, 5.74) is 3.16. The van der Waals surface area contributed by atoms with E-state index in [-0.39, 0.29) is 11.7 Å². The quantitative estimate of drug-likeness (QED) is 0.585. The van der Waals surface area contributed by atoms with Crippen LogP contribution in [-0.4, -0.2) is 11.1 Å². The minimum Gasteiger partial charge on any atom is -0.508 e. The predicted molar refractivity (Wildman–Crippen MR) is 96.2 cm³/mol. The Morgan fingerprint density at radius 3 is 2.64 bits per heavy atom. The van der Waals surface area contributed by atoms with Crippen molar-refractivity contribution in [3.8, 4) is 17.2 Å². The number of carbonyl (C=O) groups is 1. The standard InChI is InChI=1S/C21H24O4/c1-3-14-10-11-16(22)12-20(14)24-13-18-17(15-8-9-15)6-5-7-19(18)25-21(23)4-2/h5-7,10-12,15,22H,3-4,8-9,13H2,1-2H3. The van der Waals surface area contributed by atoms with Crippen LogP contribution in [-0.2, 0) is 17.8 Å². The number of carbonyl (C=O) groups excluding carboxylic acids is 1. The fraction of sp³-hybridized carbons (Fsp3) is 0.381. The molecule has 3 rings (SSSR count). The van der Waals surface area contributed by atoms with Crippen LogP contribution in [0.4, 0.5) is 0 Å². The van der Waals surface area contributed by atoms with Crippen molar-refractivity contribution in [2.24, 2.45) is 0 Å². The molecule has 0 amide bonds. The van der Waals surface area contributed by atoms with Crippen molar-refractivity contribution in [1.29, 1.82) is 0 Å². The van der Waals surface area contributed by atoms with E-state index in [1.54, 1.807) is 19.1 Å². The summed E-state index contributed by atoms with van der Waals surface area (Å²) in [5.74, 6) is 1.70. The predicted octanol–water partition coefficient (Wildman–Crippen LogP) is 4.73. The van der Waals surface area contributed by atoms with Gasteiger partial charge in [0.15, 0.2) is 0 Å². The molecule has 4 nitrogen and oxygen atoms in total. The lowest BCUT2D eigenvalue weighted by Gasteiger charge is -2.16. The van der Waals surface area contributed by atoms with Crippen LogP contribution >= 0.6 is 0 Å². The summed E-state index contributed by atoms with van der Waals surface area (Å²) in [5, 5.41) is 9.74. The van der Waals surface area contributed by atoms with Crippen LogP contribution in [0.5, 0.6) is 17.2 Å². The molecular weight excluding hydrogens is 316 g/mol. The molecule has 1 N–H and O–H groups in total. The second-order valence-corrected chi connectivity index (χ2v) is 6.36. The molecule has 0 aliphatic heterocycles. The molecule has 1 saturated carbocycles. The molecule has 4 heteroatoms. The average molecular weight is 340 g/mol. The van der Waals surface area contributed by atoms with Crippen molar-refractivity contribution in [2.45, 2.75) is 52.1 Å². The summed E-state index contributed by atoms with van der Waals surface area (Å²) < 4.78 is 11.5. The summed E-state index contributed by atoms with van der Waals surface area (Å²) in [4.78, 5) is 11.8. The molecular formula is C21H24O4. The van der Waals surface area contributed by atoms with E-state index in [9.17, 15) is 9.90 Å². The SMILES string of the molecule is CCC(=O)Oc1cccc(C2CC2)c1COc1cc(O)ccc1CC. The normalized spacial score (nSPS) is 13.5. The van der Waals surface area contributed by atoms with E-state index in [2.05, 4.69) is 6.07 Å². The molecule has 1 fully saturated rings. The Bertz CT molecular complexity index is 762. The molecule has 1 aliphatic carbocycles. The maximum Gasteiger partial charge on any atom is 0.310 e. The monoisotopic (exact) mass is 340 g/mol. The van der Waals surface area contributed by atoms with Gasteiger partial charge in [0, 0.05) is 18.1 Å². The molecule has 2 aromatic carbocycles. The Balaban J connectivity index is 1.88. The zero-order chi connectivity index (χ0) is 17.8. The summed E-state index contributed by atoms with van der Waals surface area (Å²) >= 11 is 0. The maximum absolute atomic E-state index is 11.8. The Labute approximate surface area is 148 Å². The molecule has 0 heterocycles. The zero-order valence-corrected chi connectivity index (χ0v) is 14.7. The van der Waals surface area contributed by atoms with Gasteiger partial charge in [-0.3, -0.25) is 4.79 Å². The van der Waals surface area contributed by atoms with Crippen molar-refractivity contribution in [1.82, 2.24) is 0 Å². The lowest BCUT2D eigenvalue weighted by atomic mass is 10.0. The Morgan fingerprint density at radius 2 is 1.96 bits per heavy atom. The number of phenolic OH excluding ortho intramolecular Hbond substituents is 1. The molecule has 0 unspecified atom stereocenters. The second-order valence-electron chi connectivity index (χ2n) is 6.36. The van der Waals surface area contributed by atoms with E-state index in [1.807, 2.05) is 25.1 Å². The fourth-order valence-electron chi connectivity index (χ4n) is 2.92. The average Bonchev–Trinajstić information content (AvgIpc) is 3.45. The summed E-state index contributed by atoms with van der Waals surface area (Å²) in [7, 11) is 0. The third kappa shape index (κ3) is 4.13. The summed E-state index contributed by atoms with van der Waals surface area (Å²) in [6.07, 6.45) is 3.47. The van der Waals surface area contributed by atoms with Crippen LogP contribution in [0.1, 0.15) is 55.7 Å². The van der Waals surface area contributed by atoms with Gasteiger partial charge in [0.25, 0.3) is 0 Å². The molecule has 0 atom stereocenters. The van der Waals surface area contributed by atoms with Gasteiger partial charge in [-0.1, -0.05) is 32.0 Å². The first kappa shape index (κ1) is 17.3. The molecule has 132 valence electrons. The van der Waals surface area contributed by atoms with Gasteiger partial charge >= 0.3 is 5.97 Å². The van der Waals surface area contributed by atoms with E-state index in [0.29, 0.717) is 30.4 Å². The zero-order valence-electron chi connectivity index (χ0n) is 14.7. The highest BCUT2D eigenvalue weighted by Crippen LogP contribution is 2.44. The van der Waals surface area contributed by atoms with Gasteiger partial charge in [-0.15, -0.1) is 0 Å². The highest BCUT2D eigenvalue weighted by atomic mass is 16.5.